The lowest BCUT2D eigenvalue weighted by Gasteiger charge is -2.35. The van der Waals surface area contributed by atoms with Gasteiger partial charge in [0.25, 0.3) is 0 Å². The number of amides is 2. The van der Waals surface area contributed by atoms with Gasteiger partial charge in [-0.3, -0.25) is 14.5 Å². The second-order valence-electron chi connectivity index (χ2n) is 6.70. The fourth-order valence-corrected chi connectivity index (χ4v) is 3.40. The molecule has 0 aromatic carbocycles. The monoisotopic (exact) mass is 400 g/mol. The predicted molar refractivity (Wildman–Crippen MR) is 94.1 cm³/mol. The average Bonchev–Trinajstić information content (AvgIpc) is 2.60. The number of piperazine rings is 1. The van der Waals surface area contributed by atoms with E-state index >= 15 is 0 Å². The molecule has 10 heteroatoms. The smallest absolute Gasteiger partial charge is 0.353 e. The Morgan fingerprint density at radius 1 is 1.08 bits per heavy atom. The van der Waals surface area contributed by atoms with E-state index in [1.165, 1.54) is 4.90 Å². The lowest BCUT2D eigenvalue weighted by molar-refractivity contribution is -0.184. The minimum absolute atomic E-state index is 0. The summed E-state index contributed by atoms with van der Waals surface area (Å²) in [4.78, 5) is 25.1. The van der Waals surface area contributed by atoms with Crippen molar-refractivity contribution in [2.24, 2.45) is 5.92 Å². The third-order valence-corrected chi connectivity index (χ3v) is 4.86. The van der Waals surface area contributed by atoms with Gasteiger partial charge >= 0.3 is 6.18 Å². The molecule has 2 aliphatic rings. The Kier molecular flexibility index (Phi) is 9.67. The molecule has 1 saturated carbocycles. The van der Waals surface area contributed by atoms with Crippen molar-refractivity contribution >= 4 is 24.2 Å². The summed E-state index contributed by atoms with van der Waals surface area (Å²) in [6, 6.07) is -1.70. The molecular weight excluding hydrogens is 373 g/mol. The molecule has 152 valence electrons. The van der Waals surface area contributed by atoms with Gasteiger partial charge in [-0.15, -0.1) is 12.4 Å². The molecule has 3 N–H and O–H groups in total. The predicted octanol–water partition coefficient (Wildman–Crippen LogP) is 1.06. The molecular formula is C16H28ClF3N4O2. The second-order valence-corrected chi connectivity index (χ2v) is 6.70. The van der Waals surface area contributed by atoms with Crippen LogP contribution in [-0.2, 0) is 9.59 Å². The van der Waals surface area contributed by atoms with Gasteiger partial charge in [0.2, 0.25) is 11.8 Å². The summed E-state index contributed by atoms with van der Waals surface area (Å²) in [5.41, 5.74) is 0. The first-order valence-electron chi connectivity index (χ1n) is 8.94. The fourth-order valence-electron chi connectivity index (χ4n) is 3.40. The maximum Gasteiger partial charge on any atom is 0.405 e. The van der Waals surface area contributed by atoms with E-state index in [1.807, 2.05) is 0 Å². The number of alkyl halides is 3. The fraction of sp³-hybridized carbons (Fsp3) is 0.875. The zero-order valence-corrected chi connectivity index (χ0v) is 15.6. The number of nitrogens with one attached hydrogen (secondary N) is 3. The van der Waals surface area contributed by atoms with Crippen LogP contribution in [0.1, 0.15) is 32.1 Å². The maximum atomic E-state index is 13.2. The number of carbonyl (C=O) groups excluding carboxylic acids is 2. The van der Waals surface area contributed by atoms with Gasteiger partial charge in [0.15, 0.2) is 0 Å². The Hall–Kier alpha value is -1.06. The molecule has 0 bridgehead atoms. The van der Waals surface area contributed by atoms with Gasteiger partial charge < -0.3 is 16.0 Å². The van der Waals surface area contributed by atoms with Gasteiger partial charge in [0.1, 0.15) is 6.04 Å². The van der Waals surface area contributed by atoms with Gasteiger partial charge in [-0.1, -0.05) is 19.3 Å². The minimum atomic E-state index is -4.41. The highest BCUT2D eigenvalue weighted by Gasteiger charge is 2.43. The van der Waals surface area contributed by atoms with Gasteiger partial charge in [-0.2, -0.15) is 13.2 Å². The second kappa shape index (κ2) is 10.9. The highest BCUT2D eigenvalue weighted by Crippen LogP contribution is 2.25. The van der Waals surface area contributed by atoms with E-state index in [2.05, 4.69) is 16.0 Å². The lowest BCUT2D eigenvalue weighted by Crippen LogP contribution is -2.58. The minimum Gasteiger partial charge on any atom is -0.353 e. The molecule has 2 fully saturated rings. The Morgan fingerprint density at radius 2 is 1.69 bits per heavy atom. The molecule has 0 radical (unpaired) electrons. The number of rotatable bonds is 6. The zero-order chi connectivity index (χ0) is 18.3. The normalized spacial score (nSPS) is 20.7. The molecule has 26 heavy (non-hydrogen) atoms. The third-order valence-electron chi connectivity index (χ3n) is 4.86. The topological polar surface area (TPSA) is 73.5 Å². The van der Waals surface area contributed by atoms with E-state index in [9.17, 15) is 22.8 Å². The molecule has 2 amide bonds. The van der Waals surface area contributed by atoms with E-state index in [4.69, 9.17) is 0 Å². The molecule has 1 atom stereocenters. The highest BCUT2D eigenvalue weighted by molar-refractivity contribution is 5.86. The standard InChI is InChI=1S/C16H27F3N4O2.ClH/c17-16(18,19)13(23-8-6-20-7-9-23)10-21-14(24)11-22-15(25)12-4-2-1-3-5-12;/h12-13,20H,1-11H2,(H,21,24)(H,22,25);1H. The van der Waals surface area contributed by atoms with Crippen molar-refractivity contribution < 1.29 is 22.8 Å². The van der Waals surface area contributed by atoms with Gasteiger partial charge in [-0.25, -0.2) is 0 Å². The quantitative estimate of drug-likeness (QED) is 0.623. The number of nitrogens with zero attached hydrogens (tertiary/aromatic N) is 1. The molecule has 2 rings (SSSR count). The Bertz CT molecular complexity index is 453. The number of hydrogen-bond acceptors (Lipinski definition) is 4. The van der Waals surface area contributed by atoms with Crippen molar-refractivity contribution in [1.82, 2.24) is 20.9 Å². The van der Waals surface area contributed by atoms with E-state index in [1.54, 1.807) is 0 Å². The summed E-state index contributed by atoms with van der Waals surface area (Å²) in [7, 11) is 0. The van der Waals surface area contributed by atoms with Gasteiger partial charge in [-0.05, 0) is 12.8 Å². The maximum absolute atomic E-state index is 13.2. The first-order valence-corrected chi connectivity index (χ1v) is 8.94. The summed E-state index contributed by atoms with van der Waals surface area (Å²) in [5, 5.41) is 7.85. The summed E-state index contributed by atoms with van der Waals surface area (Å²) < 4.78 is 39.7. The molecule has 0 aromatic rings. The van der Waals surface area contributed by atoms with Crippen molar-refractivity contribution in [3.8, 4) is 0 Å². The first kappa shape index (κ1) is 23.0. The molecule has 1 aliphatic carbocycles. The van der Waals surface area contributed by atoms with Crippen LogP contribution >= 0.6 is 12.4 Å². The van der Waals surface area contributed by atoms with Crippen LogP contribution in [0.3, 0.4) is 0 Å². The number of halogens is 4. The largest absolute Gasteiger partial charge is 0.405 e. The van der Waals surface area contributed by atoms with Crippen LogP contribution in [0.4, 0.5) is 13.2 Å². The lowest BCUT2D eigenvalue weighted by atomic mass is 9.89. The number of carbonyl (C=O) groups is 2. The van der Waals surface area contributed by atoms with Gasteiger partial charge in [0, 0.05) is 38.6 Å². The summed E-state index contributed by atoms with van der Waals surface area (Å²) in [6.07, 6.45) is 0.342. The SMILES string of the molecule is Cl.O=C(CNC(=O)C1CCCCC1)NCC(N1CCNCC1)C(F)(F)F. The Labute approximate surface area is 158 Å². The van der Waals surface area contributed by atoms with Crippen LogP contribution in [0.15, 0.2) is 0 Å². The van der Waals surface area contributed by atoms with Crippen LogP contribution in [0.25, 0.3) is 0 Å². The van der Waals surface area contributed by atoms with Crippen LogP contribution in [0.5, 0.6) is 0 Å². The summed E-state index contributed by atoms with van der Waals surface area (Å²) in [6.45, 7) is 0.802. The summed E-state index contributed by atoms with van der Waals surface area (Å²) >= 11 is 0. The third kappa shape index (κ3) is 7.28. The zero-order valence-electron chi connectivity index (χ0n) is 14.7. The van der Waals surface area contributed by atoms with E-state index in [0.717, 1.165) is 32.1 Å². The van der Waals surface area contributed by atoms with E-state index in [0.29, 0.717) is 26.2 Å². The first-order chi connectivity index (χ1) is 11.9. The number of hydrogen-bond donors (Lipinski definition) is 3. The summed E-state index contributed by atoms with van der Waals surface area (Å²) in [5.74, 6) is -0.844. The molecule has 1 saturated heterocycles. The molecule has 0 spiro atoms. The van der Waals surface area contributed by atoms with Crippen LogP contribution in [-0.4, -0.2) is 68.2 Å². The molecule has 1 heterocycles. The van der Waals surface area contributed by atoms with Crippen molar-refractivity contribution in [3.05, 3.63) is 0 Å². The molecule has 6 nitrogen and oxygen atoms in total. The van der Waals surface area contributed by atoms with Crippen LogP contribution in [0, 0.1) is 5.92 Å². The van der Waals surface area contributed by atoms with Crippen LogP contribution in [0.2, 0.25) is 0 Å². The molecule has 1 aliphatic heterocycles. The average molecular weight is 401 g/mol. The highest BCUT2D eigenvalue weighted by atomic mass is 35.5. The van der Waals surface area contributed by atoms with E-state index < -0.39 is 24.7 Å². The van der Waals surface area contributed by atoms with Gasteiger partial charge in [0.05, 0.1) is 6.54 Å². The van der Waals surface area contributed by atoms with Crippen molar-refractivity contribution in [2.75, 3.05) is 39.3 Å². The van der Waals surface area contributed by atoms with Crippen molar-refractivity contribution in [2.45, 2.75) is 44.3 Å². The van der Waals surface area contributed by atoms with Crippen molar-refractivity contribution in [3.63, 3.8) is 0 Å². The Morgan fingerprint density at radius 3 is 2.27 bits per heavy atom. The molecule has 1 unspecified atom stereocenters. The van der Waals surface area contributed by atoms with E-state index in [-0.39, 0.29) is 30.8 Å². The molecule has 0 aromatic heterocycles. The van der Waals surface area contributed by atoms with Crippen LogP contribution < -0.4 is 16.0 Å². The Balaban J connectivity index is 0.00000338. The van der Waals surface area contributed by atoms with Crippen molar-refractivity contribution in [1.29, 1.82) is 0 Å².